The van der Waals surface area contributed by atoms with Gasteiger partial charge in [0.15, 0.2) is 0 Å². The molecule has 3 nitrogen and oxygen atoms in total. The molecule has 2 rings (SSSR count). The molecular weight excluding hydrogens is 166 g/mol. The number of fused-ring (bicyclic) bond motifs is 1. The van der Waals surface area contributed by atoms with E-state index in [-0.39, 0.29) is 23.8 Å². The Morgan fingerprint density at radius 2 is 2.08 bits per heavy atom. The molecule has 1 amide bonds. The standard InChI is InChI=1S/C10H17NO2/c1-11(2)10(13)9-6-4-3-5-7(12)8(6)9/h6-9,12H,3-5H2,1-2H3. The van der Waals surface area contributed by atoms with Gasteiger partial charge < -0.3 is 10.0 Å². The van der Waals surface area contributed by atoms with Crippen LogP contribution in [0.1, 0.15) is 19.3 Å². The third-order valence-corrected chi connectivity index (χ3v) is 3.44. The Balaban J connectivity index is 2.01. The molecule has 4 atom stereocenters. The van der Waals surface area contributed by atoms with E-state index in [0.29, 0.717) is 5.92 Å². The molecule has 4 unspecified atom stereocenters. The molecule has 2 fully saturated rings. The summed E-state index contributed by atoms with van der Waals surface area (Å²) in [4.78, 5) is 13.3. The zero-order valence-corrected chi connectivity index (χ0v) is 8.23. The van der Waals surface area contributed by atoms with Gasteiger partial charge in [-0.1, -0.05) is 6.42 Å². The molecule has 0 saturated heterocycles. The third kappa shape index (κ3) is 1.35. The molecule has 0 spiro atoms. The van der Waals surface area contributed by atoms with Crippen LogP contribution < -0.4 is 0 Å². The number of amides is 1. The maximum absolute atomic E-state index is 11.6. The average Bonchev–Trinajstić information content (AvgIpc) is 2.78. The predicted molar refractivity (Wildman–Crippen MR) is 49.0 cm³/mol. The second-order valence-corrected chi connectivity index (χ2v) is 4.50. The van der Waals surface area contributed by atoms with E-state index in [1.165, 1.54) is 0 Å². The summed E-state index contributed by atoms with van der Waals surface area (Å²) in [5, 5.41) is 9.65. The fourth-order valence-electron chi connectivity index (χ4n) is 2.70. The molecule has 0 aromatic rings. The highest BCUT2D eigenvalue weighted by atomic mass is 16.3. The van der Waals surface area contributed by atoms with Gasteiger partial charge in [0, 0.05) is 25.9 Å². The highest BCUT2D eigenvalue weighted by Crippen LogP contribution is 2.55. The fraction of sp³-hybridized carbons (Fsp3) is 0.900. The number of aliphatic hydroxyl groups is 1. The molecule has 1 N–H and O–H groups in total. The minimum absolute atomic E-state index is 0.132. The first-order valence-corrected chi connectivity index (χ1v) is 5.02. The Morgan fingerprint density at radius 3 is 2.62 bits per heavy atom. The van der Waals surface area contributed by atoms with E-state index in [1.807, 2.05) is 0 Å². The Hall–Kier alpha value is -0.570. The van der Waals surface area contributed by atoms with Gasteiger partial charge in [0.05, 0.1) is 6.10 Å². The van der Waals surface area contributed by atoms with E-state index < -0.39 is 0 Å². The zero-order valence-electron chi connectivity index (χ0n) is 8.23. The van der Waals surface area contributed by atoms with Crippen molar-refractivity contribution in [2.75, 3.05) is 14.1 Å². The summed E-state index contributed by atoms with van der Waals surface area (Å²) >= 11 is 0. The smallest absolute Gasteiger partial charge is 0.225 e. The lowest BCUT2D eigenvalue weighted by molar-refractivity contribution is -0.130. The molecule has 0 aromatic carbocycles. The van der Waals surface area contributed by atoms with Gasteiger partial charge in [-0.25, -0.2) is 0 Å². The van der Waals surface area contributed by atoms with E-state index >= 15 is 0 Å². The van der Waals surface area contributed by atoms with Crippen LogP contribution in [0, 0.1) is 17.8 Å². The van der Waals surface area contributed by atoms with Crippen LogP contribution in [0.2, 0.25) is 0 Å². The molecule has 0 bridgehead atoms. The molecule has 0 radical (unpaired) electrons. The fourth-order valence-corrected chi connectivity index (χ4v) is 2.70. The van der Waals surface area contributed by atoms with E-state index in [4.69, 9.17) is 0 Å². The van der Waals surface area contributed by atoms with Gasteiger partial charge in [0.25, 0.3) is 0 Å². The maximum atomic E-state index is 11.6. The number of rotatable bonds is 1. The van der Waals surface area contributed by atoms with Crippen molar-refractivity contribution in [1.82, 2.24) is 4.90 Å². The van der Waals surface area contributed by atoms with Gasteiger partial charge >= 0.3 is 0 Å². The minimum atomic E-state index is -0.215. The predicted octanol–water partition coefficient (Wildman–Crippen LogP) is 0.482. The Kier molecular flexibility index (Phi) is 2.06. The van der Waals surface area contributed by atoms with Crippen molar-refractivity contribution in [2.24, 2.45) is 17.8 Å². The normalized spacial score (nSPS) is 42.4. The highest BCUT2D eigenvalue weighted by molar-refractivity contribution is 5.82. The first kappa shape index (κ1) is 9.00. The van der Waals surface area contributed by atoms with Crippen molar-refractivity contribution < 1.29 is 9.90 Å². The van der Waals surface area contributed by atoms with Crippen molar-refractivity contribution in [3.8, 4) is 0 Å². The molecule has 74 valence electrons. The molecule has 13 heavy (non-hydrogen) atoms. The number of aliphatic hydroxyl groups excluding tert-OH is 1. The summed E-state index contributed by atoms with van der Waals surface area (Å²) in [6.07, 6.45) is 2.89. The second kappa shape index (κ2) is 2.98. The molecule has 0 heterocycles. The highest BCUT2D eigenvalue weighted by Gasteiger charge is 2.59. The average molecular weight is 183 g/mol. The Labute approximate surface area is 78.7 Å². The molecule has 2 aliphatic rings. The van der Waals surface area contributed by atoms with E-state index in [2.05, 4.69) is 0 Å². The van der Waals surface area contributed by atoms with Gasteiger partial charge in [-0.05, 0) is 18.8 Å². The van der Waals surface area contributed by atoms with Crippen molar-refractivity contribution >= 4 is 5.91 Å². The van der Waals surface area contributed by atoms with Crippen LogP contribution in [0.4, 0.5) is 0 Å². The first-order valence-electron chi connectivity index (χ1n) is 5.02. The molecule has 2 saturated carbocycles. The van der Waals surface area contributed by atoms with Crippen LogP contribution in [0.25, 0.3) is 0 Å². The summed E-state index contributed by atoms with van der Waals surface area (Å²) in [6.45, 7) is 0. The summed E-state index contributed by atoms with van der Waals surface area (Å²) in [5.41, 5.74) is 0. The maximum Gasteiger partial charge on any atom is 0.225 e. The van der Waals surface area contributed by atoms with Crippen molar-refractivity contribution in [2.45, 2.75) is 25.4 Å². The first-order chi connectivity index (χ1) is 6.13. The van der Waals surface area contributed by atoms with E-state index in [1.54, 1.807) is 19.0 Å². The van der Waals surface area contributed by atoms with Gasteiger partial charge in [0.2, 0.25) is 5.91 Å². The van der Waals surface area contributed by atoms with Crippen molar-refractivity contribution in [3.63, 3.8) is 0 Å². The van der Waals surface area contributed by atoms with Crippen LogP contribution in [-0.4, -0.2) is 36.1 Å². The quantitative estimate of drug-likeness (QED) is 0.642. The SMILES string of the molecule is CN(C)C(=O)C1C2CCCC(O)C21. The van der Waals surface area contributed by atoms with Gasteiger partial charge in [-0.2, -0.15) is 0 Å². The number of carbonyl (C=O) groups is 1. The number of carbonyl (C=O) groups excluding carboxylic acids is 1. The topological polar surface area (TPSA) is 40.5 Å². The van der Waals surface area contributed by atoms with Crippen LogP contribution in [0.15, 0.2) is 0 Å². The lowest BCUT2D eigenvalue weighted by Gasteiger charge is -2.14. The monoisotopic (exact) mass is 183 g/mol. The third-order valence-electron chi connectivity index (χ3n) is 3.44. The summed E-state index contributed by atoms with van der Waals surface area (Å²) in [6, 6.07) is 0. The number of hydrogen-bond donors (Lipinski definition) is 1. The van der Waals surface area contributed by atoms with Crippen LogP contribution in [-0.2, 0) is 4.79 Å². The summed E-state index contributed by atoms with van der Waals surface area (Å²) in [7, 11) is 3.58. The molecule has 0 aliphatic heterocycles. The molecular formula is C10H17NO2. The summed E-state index contributed by atoms with van der Waals surface area (Å²) < 4.78 is 0. The summed E-state index contributed by atoms with van der Waals surface area (Å²) in [5.74, 6) is 1.10. The van der Waals surface area contributed by atoms with Gasteiger partial charge in [-0.15, -0.1) is 0 Å². The zero-order chi connectivity index (χ0) is 9.59. The van der Waals surface area contributed by atoms with E-state index in [0.717, 1.165) is 19.3 Å². The van der Waals surface area contributed by atoms with Crippen LogP contribution >= 0.6 is 0 Å². The molecule has 2 aliphatic carbocycles. The van der Waals surface area contributed by atoms with Crippen molar-refractivity contribution in [1.29, 1.82) is 0 Å². The Bertz CT molecular complexity index is 227. The lowest BCUT2D eigenvalue weighted by Crippen LogP contribution is -2.25. The van der Waals surface area contributed by atoms with Crippen molar-refractivity contribution in [3.05, 3.63) is 0 Å². The Morgan fingerprint density at radius 1 is 1.38 bits per heavy atom. The lowest BCUT2D eigenvalue weighted by atomic mass is 9.98. The number of hydrogen-bond acceptors (Lipinski definition) is 2. The van der Waals surface area contributed by atoms with Crippen LogP contribution in [0.5, 0.6) is 0 Å². The van der Waals surface area contributed by atoms with Gasteiger partial charge in [0.1, 0.15) is 0 Å². The second-order valence-electron chi connectivity index (χ2n) is 4.50. The minimum Gasteiger partial charge on any atom is -0.393 e. The largest absolute Gasteiger partial charge is 0.393 e. The number of nitrogens with zero attached hydrogens (tertiary/aromatic N) is 1. The molecule has 0 aromatic heterocycles. The van der Waals surface area contributed by atoms with Crippen LogP contribution in [0.3, 0.4) is 0 Å². The van der Waals surface area contributed by atoms with Gasteiger partial charge in [-0.3, -0.25) is 4.79 Å². The molecule has 3 heteroatoms. The van der Waals surface area contributed by atoms with E-state index in [9.17, 15) is 9.90 Å².